The van der Waals surface area contributed by atoms with Crippen LogP contribution in [0.1, 0.15) is 37.3 Å². The van der Waals surface area contributed by atoms with Gasteiger partial charge in [0, 0.05) is 17.0 Å². The lowest BCUT2D eigenvalue weighted by atomic mass is 9.96. The number of rotatable bonds is 2. The Labute approximate surface area is 99.7 Å². The molecule has 0 aliphatic heterocycles. The van der Waals surface area contributed by atoms with E-state index in [9.17, 15) is 4.79 Å². The highest BCUT2D eigenvalue weighted by Crippen LogP contribution is 2.23. The lowest BCUT2D eigenvalue weighted by Crippen LogP contribution is -2.05. The number of H-pyrrole nitrogens is 1. The number of nitrogens with zero attached hydrogens (tertiary/aromatic N) is 1. The fourth-order valence-corrected chi connectivity index (χ4v) is 1.91. The summed E-state index contributed by atoms with van der Waals surface area (Å²) in [6.07, 6.45) is 1.05. The average Bonchev–Trinajstić information content (AvgIpc) is 2.36. The zero-order chi connectivity index (χ0) is 12.4. The molecule has 0 saturated carbocycles. The van der Waals surface area contributed by atoms with Gasteiger partial charge in [-0.15, -0.1) is 0 Å². The third-order valence-corrected chi connectivity index (χ3v) is 3.17. The highest BCUT2D eigenvalue weighted by Gasteiger charge is 2.07. The van der Waals surface area contributed by atoms with E-state index in [1.54, 1.807) is 0 Å². The van der Waals surface area contributed by atoms with Gasteiger partial charge < -0.3 is 4.98 Å². The van der Waals surface area contributed by atoms with Crippen molar-refractivity contribution in [1.29, 1.82) is 5.26 Å². The fraction of sp³-hybridized carbons (Fsp3) is 0.286. The van der Waals surface area contributed by atoms with E-state index in [0.29, 0.717) is 11.5 Å². The molecule has 17 heavy (non-hydrogen) atoms. The standard InChI is InChI=1S/C14H14N2O/c1-3-9(2)10-4-5-13-12(6-10)11(8-15)7-14(17)16-13/h4-7,9H,3H2,1-2H3,(H,16,17). The highest BCUT2D eigenvalue weighted by molar-refractivity contribution is 5.85. The van der Waals surface area contributed by atoms with Gasteiger partial charge in [-0.1, -0.05) is 19.9 Å². The smallest absolute Gasteiger partial charge is 0.249 e. The fourth-order valence-electron chi connectivity index (χ4n) is 1.91. The molecule has 1 aromatic heterocycles. The zero-order valence-electron chi connectivity index (χ0n) is 9.95. The van der Waals surface area contributed by atoms with Crippen molar-refractivity contribution in [2.45, 2.75) is 26.2 Å². The second-order valence-electron chi connectivity index (χ2n) is 4.27. The van der Waals surface area contributed by atoms with E-state index in [0.717, 1.165) is 17.3 Å². The summed E-state index contributed by atoms with van der Waals surface area (Å²) in [6, 6.07) is 9.30. The maximum absolute atomic E-state index is 11.3. The van der Waals surface area contributed by atoms with Gasteiger partial charge >= 0.3 is 0 Å². The predicted octanol–water partition coefficient (Wildman–Crippen LogP) is 2.91. The molecule has 0 amide bonds. The van der Waals surface area contributed by atoms with Gasteiger partial charge in [0.1, 0.15) is 6.07 Å². The summed E-state index contributed by atoms with van der Waals surface area (Å²) in [5.41, 5.74) is 2.13. The molecular formula is C14H14N2O. The van der Waals surface area contributed by atoms with Crippen LogP contribution in [-0.4, -0.2) is 4.98 Å². The predicted molar refractivity (Wildman–Crippen MR) is 68.0 cm³/mol. The number of pyridine rings is 1. The summed E-state index contributed by atoms with van der Waals surface area (Å²) >= 11 is 0. The van der Waals surface area contributed by atoms with Crippen molar-refractivity contribution in [2.75, 3.05) is 0 Å². The highest BCUT2D eigenvalue weighted by atomic mass is 16.1. The van der Waals surface area contributed by atoms with Gasteiger partial charge in [0.2, 0.25) is 5.56 Å². The van der Waals surface area contributed by atoms with Crippen molar-refractivity contribution in [2.24, 2.45) is 0 Å². The van der Waals surface area contributed by atoms with E-state index in [1.807, 2.05) is 18.2 Å². The van der Waals surface area contributed by atoms with E-state index in [2.05, 4.69) is 24.9 Å². The Kier molecular flexibility index (Phi) is 2.97. The summed E-state index contributed by atoms with van der Waals surface area (Å²) in [6.45, 7) is 4.28. The molecule has 1 unspecified atom stereocenters. The minimum Gasteiger partial charge on any atom is -0.322 e. The maximum atomic E-state index is 11.3. The van der Waals surface area contributed by atoms with Crippen LogP contribution in [0.25, 0.3) is 10.9 Å². The molecule has 0 aliphatic rings. The number of aromatic nitrogens is 1. The molecule has 0 aliphatic carbocycles. The first kappa shape index (κ1) is 11.4. The Balaban J connectivity index is 2.73. The third kappa shape index (κ3) is 2.07. The van der Waals surface area contributed by atoms with Gasteiger partial charge in [-0.3, -0.25) is 4.79 Å². The van der Waals surface area contributed by atoms with Crippen LogP contribution in [0.15, 0.2) is 29.1 Å². The molecule has 3 heteroatoms. The number of hydrogen-bond acceptors (Lipinski definition) is 2. The van der Waals surface area contributed by atoms with Crippen molar-refractivity contribution in [1.82, 2.24) is 4.98 Å². The van der Waals surface area contributed by atoms with Crippen LogP contribution >= 0.6 is 0 Å². The molecule has 1 N–H and O–H groups in total. The van der Waals surface area contributed by atoms with Crippen LogP contribution in [0.3, 0.4) is 0 Å². The molecule has 2 aromatic rings. The summed E-state index contributed by atoms with van der Waals surface area (Å²) in [5.74, 6) is 0.456. The molecule has 0 saturated heterocycles. The van der Waals surface area contributed by atoms with Crippen molar-refractivity contribution < 1.29 is 0 Å². The molecule has 1 aromatic carbocycles. The zero-order valence-corrected chi connectivity index (χ0v) is 9.95. The van der Waals surface area contributed by atoms with Crippen molar-refractivity contribution >= 4 is 10.9 Å². The first-order chi connectivity index (χ1) is 8.15. The molecule has 0 spiro atoms. The summed E-state index contributed by atoms with van der Waals surface area (Å²) in [4.78, 5) is 14.1. The molecular weight excluding hydrogens is 212 g/mol. The molecule has 0 fully saturated rings. The van der Waals surface area contributed by atoms with E-state index < -0.39 is 0 Å². The molecule has 1 heterocycles. The SMILES string of the molecule is CCC(C)c1ccc2[nH]c(=O)cc(C#N)c2c1. The van der Waals surface area contributed by atoms with Crippen LogP contribution in [0.5, 0.6) is 0 Å². The first-order valence-corrected chi connectivity index (χ1v) is 5.72. The number of nitriles is 1. The summed E-state index contributed by atoms with van der Waals surface area (Å²) in [5, 5.41) is 9.87. The van der Waals surface area contributed by atoms with E-state index in [-0.39, 0.29) is 5.56 Å². The molecule has 1 atom stereocenters. The molecule has 0 radical (unpaired) electrons. The van der Waals surface area contributed by atoms with Crippen molar-refractivity contribution in [3.05, 3.63) is 45.7 Å². The van der Waals surface area contributed by atoms with Gasteiger partial charge in [0.25, 0.3) is 0 Å². The first-order valence-electron chi connectivity index (χ1n) is 5.72. The summed E-state index contributed by atoms with van der Waals surface area (Å²) < 4.78 is 0. The van der Waals surface area contributed by atoms with Crippen LogP contribution < -0.4 is 5.56 Å². The lowest BCUT2D eigenvalue weighted by Gasteiger charge is -2.10. The Morgan fingerprint density at radius 1 is 1.41 bits per heavy atom. The average molecular weight is 226 g/mol. The van der Waals surface area contributed by atoms with Gasteiger partial charge in [0.05, 0.1) is 5.56 Å². The second-order valence-corrected chi connectivity index (χ2v) is 4.27. The third-order valence-electron chi connectivity index (χ3n) is 3.17. The lowest BCUT2D eigenvalue weighted by molar-refractivity contribution is 0.734. The monoisotopic (exact) mass is 226 g/mol. The van der Waals surface area contributed by atoms with Crippen LogP contribution in [0.2, 0.25) is 0 Å². The molecule has 0 bridgehead atoms. The number of benzene rings is 1. The van der Waals surface area contributed by atoms with Gasteiger partial charge in [-0.05, 0) is 30.0 Å². The van der Waals surface area contributed by atoms with Crippen LogP contribution in [-0.2, 0) is 0 Å². The Hall–Kier alpha value is -2.08. The number of nitrogens with one attached hydrogen (secondary N) is 1. The summed E-state index contributed by atoms with van der Waals surface area (Å²) in [7, 11) is 0. The topological polar surface area (TPSA) is 56.6 Å². The molecule has 86 valence electrons. The van der Waals surface area contributed by atoms with Gasteiger partial charge in [0.15, 0.2) is 0 Å². The Morgan fingerprint density at radius 2 is 2.18 bits per heavy atom. The minimum atomic E-state index is -0.231. The van der Waals surface area contributed by atoms with E-state index in [1.165, 1.54) is 11.6 Å². The Bertz CT molecular complexity index is 649. The second kappa shape index (κ2) is 4.42. The normalized spacial score (nSPS) is 12.3. The van der Waals surface area contributed by atoms with E-state index in [4.69, 9.17) is 5.26 Å². The van der Waals surface area contributed by atoms with Gasteiger partial charge in [-0.2, -0.15) is 5.26 Å². The Morgan fingerprint density at radius 3 is 2.82 bits per heavy atom. The van der Waals surface area contributed by atoms with Crippen molar-refractivity contribution in [3.8, 4) is 6.07 Å². The largest absolute Gasteiger partial charge is 0.322 e. The molecule has 2 rings (SSSR count). The van der Waals surface area contributed by atoms with Crippen LogP contribution in [0.4, 0.5) is 0 Å². The van der Waals surface area contributed by atoms with Crippen molar-refractivity contribution in [3.63, 3.8) is 0 Å². The number of aromatic amines is 1. The van der Waals surface area contributed by atoms with Gasteiger partial charge in [-0.25, -0.2) is 0 Å². The quantitative estimate of drug-likeness (QED) is 0.855. The number of hydrogen-bond donors (Lipinski definition) is 1. The maximum Gasteiger partial charge on any atom is 0.249 e. The molecule has 3 nitrogen and oxygen atoms in total. The minimum absolute atomic E-state index is 0.231. The number of fused-ring (bicyclic) bond motifs is 1. The van der Waals surface area contributed by atoms with E-state index >= 15 is 0 Å². The van der Waals surface area contributed by atoms with Crippen LogP contribution in [0, 0.1) is 11.3 Å².